The summed E-state index contributed by atoms with van der Waals surface area (Å²) >= 11 is 0. The van der Waals surface area contributed by atoms with Crippen LogP contribution in [0, 0.1) is 0 Å². The van der Waals surface area contributed by atoms with Crippen molar-refractivity contribution in [3.05, 3.63) is 71.3 Å². The molecule has 1 aliphatic heterocycles. The maximum absolute atomic E-state index is 12.0. The zero-order chi connectivity index (χ0) is 21.9. The van der Waals surface area contributed by atoms with Crippen molar-refractivity contribution in [1.29, 1.82) is 0 Å². The highest BCUT2D eigenvalue weighted by Gasteiger charge is 2.51. The number of hydrogen-bond acceptors (Lipinski definition) is 4. The molecule has 2 aromatic rings. The third kappa shape index (κ3) is 4.55. The van der Waals surface area contributed by atoms with E-state index in [1.807, 2.05) is 66.4 Å². The van der Waals surface area contributed by atoms with Crippen molar-refractivity contribution in [3.8, 4) is 0 Å². The topological polar surface area (TPSA) is 70.1 Å². The molecule has 1 heterocycles. The van der Waals surface area contributed by atoms with Crippen LogP contribution in [0.5, 0.6) is 0 Å². The lowest BCUT2D eigenvalue weighted by atomic mass is 10.0. The molecule has 1 fully saturated rings. The third-order valence-corrected chi connectivity index (χ3v) is 5.84. The number of aliphatic carboxylic acids is 1. The number of carboxylic acid groups (broad SMARTS) is 1. The van der Waals surface area contributed by atoms with Crippen LogP contribution in [0.4, 0.5) is 0 Å². The Hall–Kier alpha value is -2.70. The summed E-state index contributed by atoms with van der Waals surface area (Å²) in [6.07, 6.45) is 1.31. The highest BCUT2D eigenvalue weighted by Crippen LogP contribution is 2.38. The average molecular weight is 411 g/mol. The third-order valence-electron chi connectivity index (χ3n) is 5.84. The van der Waals surface area contributed by atoms with E-state index in [0.29, 0.717) is 12.1 Å². The van der Waals surface area contributed by atoms with Gasteiger partial charge in [-0.25, -0.2) is 4.79 Å². The van der Waals surface area contributed by atoms with Gasteiger partial charge < -0.3 is 14.7 Å². The molecule has 0 spiro atoms. The van der Waals surface area contributed by atoms with E-state index in [1.165, 1.54) is 0 Å². The van der Waals surface area contributed by atoms with Crippen LogP contribution in [0.15, 0.2) is 54.6 Å². The zero-order valence-corrected chi connectivity index (χ0v) is 18.0. The number of aryl methyl sites for hydroxylation is 1. The molecule has 30 heavy (non-hydrogen) atoms. The summed E-state index contributed by atoms with van der Waals surface area (Å²) < 4.78 is 6.03. The summed E-state index contributed by atoms with van der Waals surface area (Å²) in [6, 6.07) is 17.4. The molecule has 0 saturated carbocycles. The van der Waals surface area contributed by atoms with E-state index in [4.69, 9.17) is 4.74 Å². The molecule has 0 radical (unpaired) electrons. The van der Waals surface area contributed by atoms with E-state index in [1.54, 1.807) is 25.9 Å². The summed E-state index contributed by atoms with van der Waals surface area (Å²) in [6.45, 7) is 4.21. The minimum absolute atomic E-state index is 0.0166. The van der Waals surface area contributed by atoms with Crippen LogP contribution in [0.1, 0.15) is 47.9 Å². The predicted molar refractivity (Wildman–Crippen MR) is 115 cm³/mol. The first-order chi connectivity index (χ1) is 14.2. The number of amides is 1. The molecule has 0 aliphatic carbocycles. The summed E-state index contributed by atoms with van der Waals surface area (Å²) in [7, 11) is 3.47. The molecule has 1 saturated heterocycles. The van der Waals surface area contributed by atoms with Crippen LogP contribution >= 0.6 is 0 Å². The van der Waals surface area contributed by atoms with E-state index in [2.05, 4.69) is 0 Å². The fourth-order valence-corrected chi connectivity index (χ4v) is 3.95. The van der Waals surface area contributed by atoms with Crippen LogP contribution < -0.4 is 0 Å². The molecule has 1 unspecified atom stereocenters. The Morgan fingerprint density at radius 1 is 1.17 bits per heavy atom. The molecule has 160 valence electrons. The number of ether oxygens (including phenoxy) is 1. The van der Waals surface area contributed by atoms with Crippen LogP contribution in [0.3, 0.4) is 0 Å². The van der Waals surface area contributed by atoms with Gasteiger partial charge in [0.05, 0.1) is 6.10 Å². The van der Waals surface area contributed by atoms with Gasteiger partial charge in [0.2, 0.25) is 5.72 Å². The number of nitrogens with zero attached hydrogens (tertiary/aromatic N) is 2. The van der Waals surface area contributed by atoms with Crippen LogP contribution in [0.25, 0.3) is 0 Å². The first kappa shape index (κ1) is 22.0. The van der Waals surface area contributed by atoms with Gasteiger partial charge in [0.15, 0.2) is 0 Å². The SMILES string of the molecule is C[C@@H](CCc1ccc(C(=O)N(C)C)cc1)N1CC(c2ccccc2)O[C@]1(C)C(=O)O. The highest BCUT2D eigenvalue weighted by atomic mass is 16.6. The molecule has 6 nitrogen and oxygen atoms in total. The molecule has 3 atom stereocenters. The predicted octanol–water partition coefficient (Wildman–Crippen LogP) is 3.58. The van der Waals surface area contributed by atoms with Gasteiger partial charge in [-0.15, -0.1) is 0 Å². The standard InChI is InChI=1S/C24H30N2O4/c1-17(10-11-18-12-14-20(15-13-18)22(27)25(3)4)26-16-21(19-8-6-5-7-9-19)30-24(26,2)23(28)29/h5-9,12-15,17,21H,10-11,16H2,1-4H3,(H,28,29)/t17-,21?,24+/m0/s1. The van der Waals surface area contributed by atoms with Crippen LogP contribution in [0.2, 0.25) is 0 Å². The first-order valence-corrected chi connectivity index (χ1v) is 10.3. The number of carbonyl (C=O) groups excluding carboxylic acids is 1. The molecule has 0 aromatic heterocycles. The second-order valence-corrected chi connectivity index (χ2v) is 8.24. The van der Waals surface area contributed by atoms with Crippen molar-refractivity contribution in [2.75, 3.05) is 20.6 Å². The number of benzene rings is 2. The second-order valence-electron chi connectivity index (χ2n) is 8.24. The molecule has 1 N–H and O–H groups in total. The van der Waals surface area contributed by atoms with Gasteiger partial charge in [0, 0.05) is 32.2 Å². The van der Waals surface area contributed by atoms with E-state index in [-0.39, 0.29) is 18.1 Å². The summed E-state index contributed by atoms with van der Waals surface area (Å²) in [5.41, 5.74) is 1.41. The van der Waals surface area contributed by atoms with Crippen LogP contribution in [-0.4, -0.2) is 59.2 Å². The van der Waals surface area contributed by atoms with E-state index >= 15 is 0 Å². The summed E-state index contributed by atoms with van der Waals surface area (Å²) in [5, 5.41) is 9.87. The quantitative estimate of drug-likeness (QED) is 0.756. The monoisotopic (exact) mass is 410 g/mol. The Bertz CT molecular complexity index is 882. The fourth-order valence-electron chi connectivity index (χ4n) is 3.95. The Morgan fingerprint density at radius 3 is 2.37 bits per heavy atom. The molecular weight excluding hydrogens is 380 g/mol. The van der Waals surface area contributed by atoms with Gasteiger partial charge in [-0.3, -0.25) is 9.69 Å². The van der Waals surface area contributed by atoms with Crippen molar-refractivity contribution in [3.63, 3.8) is 0 Å². The molecule has 1 amide bonds. The van der Waals surface area contributed by atoms with E-state index in [9.17, 15) is 14.7 Å². The minimum Gasteiger partial charge on any atom is -0.478 e. The first-order valence-electron chi connectivity index (χ1n) is 10.3. The van der Waals surface area contributed by atoms with E-state index in [0.717, 1.165) is 24.0 Å². The minimum atomic E-state index is -1.36. The molecule has 3 rings (SSSR count). The van der Waals surface area contributed by atoms with E-state index < -0.39 is 11.7 Å². The summed E-state index contributed by atoms with van der Waals surface area (Å²) in [4.78, 5) is 27.6. The Balaban J connectivity index is 1.68. The maximum Gasteiger partial charge on any atom is 0.351 e. The molecule has 1 aliphatic rings. The van der Waals surface area contributed by atoms with Crippen molar-refractivity contribution >= 4 is 11.9 Å². The smallest absolute Gasteiger partial charge is 0.351 e. The number of hydrogen-bond donors (Lipinski definition) is 1. The zero-order valence-electron chi connectivity index (χ0n) is 18.0. The largest absolute Gasteiger partial charge is 0.478 e. The highest BCUT2D eigenvalue weighted by molar-refractivity contribution is 5.93. The van der Waals surface area contributed by atoms with Crippen molar-refractivity contribution < 1.29 is 19.4 Å². The van der Waals surface area contributed by atoms with Gasteiger partial charge >= 0.3 is 5.97 Å². The lowest BCUT2D eigenvalue weighted by Gasteiger charge is -2.34. The summed E-state index contributed by atoms with van der Waals surface area (Å²) in [5.74, 6) is -0.993. The van der Waals surface area contributed by atoms with Gasteiger partial charge in [-0.1, -0.05) is 42.5 Å². The normalized spacial score (nSPS) is 22.6. The van der Waals surface area contributed by atoms with Gasteiger partial charge in [-0.2, -0.15) is 0 Å². The van der Waals surface area contributed by atoms with Gasteiger partial charge in [0.25, 0.3) is 5.91 Å². The van der Waals surface area contributed by atoms with Crippen molar-refractivity contribution in [2.45, 2.75) is 44.6 Å². The number of rotatable bonds is 7. The lowest BCUT2D eigenvalue weighted by Crippen LogP contribution is -2.52. The molecular formula is C24H30N2O4. The van der Waals surface area contributed by atoms with Gasteiger partial charge in [0.1, 0.15) is 0 Å². The Labute approximate surface area is 178 Å². The Kier molecular flexibility index (Phi) is 6.58. The molecule has 6 heteroatoms. The number of carbonyl (C=O) groups is 2. The maximum atomic E-state index is 12.0. The Morgan fingerprint density at radius 2 is 1.80 bits per heavy atom. The fraction of sp³-hybridized carbons (Fsp3) is 0.417. The second kappa shape index (κ2) is 8.98. The van der Waals surface area contributed by atoms with Gasteiger partial charge in [-0.05, 0) is 49.9 Å². The van der Waals surface area contributed by atoms with Crippen LogP contribution in [-0.2, 0) is 16.0 Å². The van der Waals surface area contributed by atoms with Crippen molar-refractivity contribution in [2.24, 2.45) is 0 Å². The number of carboxylic acids is 1. The molecule has 2 aromatic carbocycles. The van der Waals surface area contributed by atoms with Crippen molar-refractivity contribution in [1.82, 2.24) is 9.80 Å². The average Bonchev–Trinajstić information content (AvgIpc) is 3.11. The lowest BCUT2D eigenvalue weighted by molar-refractivity contribution is -0.180. The molecule has 0 bridgehead atoms.